The highest BCUT2D eigenvalue weighted by molar-refractivity contribution is 9.10. The first-order chi connectivity index (χ1) is 7.61. The van der Waals surface area contributed by atoms with Crippen molar-refractivity contribution in [2.24, 2.45) is 5.92 Å². The molecule has 3 heteroatoms. The van der Waals surface area contributed by atoms with Crippen LogP contribution in [0.1, 0.15) is 24.9 Å². The van der Waals surface area contributed by atoms with Crippen molar-refractivity contribution in [2.75, 3.05) is 14.1 Å². The molecule has 16 heavy (non-hydrogen) atoms. The quantitative estimate of drug-likeness (QED) is 0.843. The summed E-state index contributed by atoms with van der Waals surface area (Å²) in [6, 6.07) is 10.7. The van der Waals surface area contributed by atoms with Crippen LogP contribution < -0.4 is 0 Å². The largest absolute Gasteiger partial charge is 0.301 e. The minimum Gasteiger partial charge on any atom is -0.301 e. The van der Waals surface area contributed by atoms with E-state index < -0.39 is 0 Å². The zero-order valence-corrected chi connectivity index (χ0v) is 11.5. The van der Waals surface area contributed by atoms with E-state index in [0.717, 1.165) is 10.9 Å². The molecule has 1 rings (SSSR count). The van der Waals surface area contributed by atoms with E-state index in [9.17, 15) is 5.26 Å². The third-order valence-electron chi connectivity index (χ3n) is 2.77. The number of nitriles is 1. The van der Waals surface area contributed by atoms with E-state index in [2.05, 4.69) is 39.9 Å². The van der Waals surface area contributed by atoms with Crippen LogP contribution in [-0.4, -0.2) is 19.0 Å². The van der Waals surface area contributed by atoms with Crippen LogP contribution in [0.3, 0.4) is 0 Å². The van der Waals surface area contributed by atoms with Gasteiger partial charge in [-0.1, -0.05) is 41.1 Å². The standard InChI is InChI=1S/C13H17BrN2/c1-4-10(9-15)13(16(2)3)11-7-5-6-8-12(11)14/h5-8,10,13H,4H2,1-3H3. The fourth-order valence-corrected chi connectivity index (χ4v) is 2.47. The Labute approximate surface area is 106 Å². The van der Waals surface area contributed by atoms with Crippen molar-refractivity contribution >= 4 is 15.9 Å². The van der Waals surface area contributed by atoms with Gasteiger partial charge in [-0.15, -0.1) is 0 Å². The van der Waals surface area contributed by atoms with Gasteiger partial charge in [0.1, 0.15) is 0 Å². The second kappa shape index (κ2) is 6.03. The maximum atomic E-state index is 9.21. The summed E-state index contributed by atoms with van der Waals surface area (Å²) in [7, 11) is 4.04. The molecule has 0 amide bonds. The zero-order chi connectivity index (χ0) is 12.1. The second-order valence-electron chi connectivity index (χ2n) is 4.07. The van der Waals surface area contributed by atoms with Gasteiger partial charge < -0.3 is 4.90 Å². The molecule has 0 saturated carbocycles. The van der Waals surface area contributed by atoms with Gasteiger partial charge in [-0.3, -0.25) is 0 Å². The maximum Gasteiger partial charge on any atom is 0.0675 e. The number of halogens is 1. The highest BCUT2D eigenvalue weighted by Crippen LogP contribution is 2.33. The Balaban J connectivity index is 3.13. The summed E-state index contributed by atoms with van der Waals surface area (Å²) in [6.07, 6.45) is 0.862. The van der Waals surface area contributed by atoms with Gasteiger partial charge in [-0.2, -0.15) is 5.26 Å². The summed E-state index contributed by atoms with van der Waals surface area (Å²) in [5, 5.41) is 9.21. The number of rotatable bonds is 4. The molecule has 0 fully saturated rings. The van der Waals surface area contributed by atoms with Gasteiger partial charge in [0.2, 0.25) is 0 Å². The lowest BCUT2D eigenvalue weighted by Crippen LogP contribution is -2.26. The molecule has 86 valence electrons. The molecule has 0 aliphatic heterocycles. The van der Waals surface area contributed by atoms with Crippen LogP contribution in [0.5, 0.6) is 0 Å². The number of hydrogen-bond donors (Lipinski definition) is 0. The summed E-state index contributed by atoms with van der Waals surface area (Å²) in [6.45, 7) is 2.06. The Hall–Kier alpha value is -0.850. The molecule has 2 nitrogen and oxygen atoms in total. The first-order valence-electron chi connectivity index (χ1n) is 5.42. The first-order valence-corrected chi connectivity index (χ1v) is 6.21. The summed E-state index contributed by atoms with van der Waals surface area (Å²) in [4.78, 5) is 2.11. The highest BCUT2D eigenvalue weighted by Gasteiger charge is 2.25. The Morgan fingerprint density at radius 2 is 2.00 bits per heavy atom. The van der Waals surface area contributed by atoms with Crippen LogP contribution in [0.25, 0.3) is 0 Å². The van der Waals surface area contributed by atoms with Gasteiger partial charge in [-0.25, -0.2) is 0 Å². The Morgan fingerprint density at radius 3 is 2.44 bits per heavy atom. The molecule has 1 aromatic carbocycles. The van der Waals surface area contributed by atoms with E-state index in [1.165, 1.54) is 5.56 Å². The number of nitrogens with zero attached hydrogens (tertiary/aromatic N) is 2. The van der Waals surface area contributed by atoms with Gasteiger partial charge in [0.25, 0.3) is 0 Å². The fraction of sp³-hybridized carbons (Fsp3) is 0.462. The van der Waals surface area contributed by atoms with Crippen LogP contribution in [0, 0.1) is 17.2 Å². The molecule has 0 N–H and O–H groups in total. The van der Waals surface area contributed by atoms with Crippen molar-refractivity contribution in [3.8, 4) is 6.07 Å². The monoisotopic (exact) mass is 280 g/mol. The molecular weight excluding hydrogens is 264 g/mol. The number of hydrogen-bond acceptors (Lipinski definition) is 2. The third-order valence-corrected chi connectivity index (χ3v) is 3.49. The molecule has 0 saturated heterocycles. The van der Waals surface area contributed by atoms with Crippen molar-refractivity contribution in [3.63, 3.8) is 0 Å². The van der Waals surface area contributed by atoms with E-state index in [4.69, 9.17) is 0 Å². The normalized spacial score (nSPS) is 14.5. The molecule has 0 heterocycles. The molecule has 0 spiro atoms. The SMILES string of the molecule is CCC(C#N)C(c1ccccc1Br)N(C)C. The molecule has 0 aliphatic carbocycles. The predicted octanol–water partition coefficient (Wildman–Crippen LogP) is 3.60. The lowest BCUT2D eigenvalue weighted by molar-refractivity contribution is 0.240. The Morgan fingerprint density at radius 1 is 1.38 bits per heavy atom. The van der Waals surface area contributed by atoms with E-state index >= 15 is 0 Å². The van der Waals surface area contributed by atoms with Gasteiger partial charge in [-0.05, 0) is 32.1 Å². The molecule has 0 bridgehead atoms. The summed E-state index contributed by atoms with van der Waals surface area (Å²) >= 11 is 3.56. The maximum absolute atomic E-state index is 9.21. The van der Waals surface area contributed by atoms with Crippen LogP contribution in [-0.2, 0) is 0 Å². The van der Waals surface area contributed by atoms with Crippen LogP contribution in [0.4, 0.5) is 0 Å². The average Bonchev–Trinajstić information content (AvgIpc) is 2.27. The van der Waals surface area contributed by atoms with Crippen molar-refractivity contribution in [2.45, 2.75) is 19.4 Å². The van der Waals surface area contributed by atoms with Crippen molar-refractivity contribution in [1.29, 1.82) is 5.26 Å². The minimum atomic E-state index is 0.0219. The van der Waals surface area contributed by atoms with Crippen LogP contribution in [0.15, 0.2) is 28.7 Å². The highest BCUT2D eigenvalue weighted by atomic mass is 79.9. The predicted molar refractivity (Wildman–Crippen MR) is 70.0 cm³/mol. The van der Waals surface area contributed by atoms with Crippen LogP contribution in [0.2, 0.25) is 0 Å². The minimum absolute atomic E-state index is 0.0219. The molecule has 0 aromatic heterocycles. The summed E-state index contributed by atoms with van der Waals surface area (Å²) < 4.78 is 1.07. The molecular formula is C13H17BrN2. The molecule has 0 aliphatic rings. The summed E-state index contributed by atoms with van der Waals surface area (Å²) in [5.41, 5.74) is 1.18. The van der Waals surface area contributed by atoms with Crippen molar-refractivity contribution in [3.05, 3.63) is 34.3 Å². The van der Waals surface area contributed by atoms with E-state index in [1.54, 1.807) is 0 Å². The van der Waals surface area contributed by atoms with Gasteiger partial charge >= 0.3 is 0 Å². The topological polar surface area (TPSA) is 27.0 Å². The van der Waals surface area contributed by atoms with E-state index in [1.807, 2.05) is 32.3 Å². The first kappa shape index (κ1) is 13.2. The summed E-state index contributed by atoms with van der Waals surface area (Å²) in [5.74, 6) is 0.0219. The van der Waals surface area contributed by atoms with Crippen LogP contribution >= 0.6 is 15.9 Å². The zero-order valence-electron chi connectivity index (χ0n) is 9.94. The van der Waals surface area contributed by atoms with E-state index in [0.29, 0.717) is 0 Å². The fourth-order valence-electron chi connectivity index (χ4n) is 1.95. The lowest BCUT2D eigenvalue weighted by Gasteiger charge is -2.29. The molecule has 2 atom stereocenters. The average molecular weight is 281 g/mol. The lowest BCUT2D eigenvalue weighted by atomic mass is 9.91. The van der Waals surface area contributed by atoms with E-state index in [-0.39, 0.29) is 12.0 Å². The van der Waals surface area contributed by atoms with Gasteiger partial charge in [0.05, 0.1) is 18.0 Å². The smallest absolute Gasteiger partial charge is 0.0675 e. The van der Waals surface area contributed by atoms with Gasteiger partial charge in [0.15, 0.2) is 0 Å². The van der Waals surface area contributed by atoms with Crippen molar-refractivity contribution in [1.82, 2.24) is 4.90 Å². The molecule has 0 radical (unpaired) electrons. The molecule has 1 aromatic rings. The molecule has 2 unspecified atom stereocenters. The second-order valence-corrected chi connectivity index (χ2v) is 4.93. The number of benzene rings is 1. The third kappa shape index (κ3) is 2.84. The van der Waals surface area contributed by atoms with Crippen molar-refractivity contribution < 1.29 is 0 Å². The Kier molecular flexibility index (Phi) is 4.98. The Bertz CT molecular complexity index is 382. The van der Waals surface area contributed by atoms with Gasteiger partial charge in [0, 0.05) is 4.47 Å².